The zero-order valence-electron chi connectivity index (χ0n) is 19.6. The van der Waals surface area contributed by atoms with E-state index >= 15 is 0 Å². The third kappa shape index (κ3) is 6.24. The van der Waals surface area contributed by atoms with Crippen molar-refractivity contribution in [3.05, 3.63) is 95.6 Å². The molecule has 3 aromatic carbocycles. The maximum absolute atomic E-state index is 13.0. The molecule has 3 aromatic rings. The van der Waals surface area contributed by atoms with Gasteiger partial charge in [0.05, 0.1) is 6.42 Å². The molecule has 0 bridgehead atoms. The Morgan fingerprint density at radius 2 is 1.80 bits per heavy atom. The van der Waals surface area contributed by atoms with Gasteiger partial charge in [0.2, 0.25) is 11.8 Å². The lowest BCUT2D eigenvalue weighted by atomic mass is 9.98. The highest BCUT2D eigenvalue weighted by Crippen LogP contribution is 2.28. The Bertz CT molecular complexity index is 1150. The first kappa shape index (κ1) is 24.4. The molecule has 0 spiro atoms. The summed E-state index contributed by atoms with van der Waals surface area (Å²) in [4.78, 5) is 24.7. The number of anilines is 2. The van der Waals surface area contributed by atoms with Crippen LogP contribution in [0.25, 0.3) is 0 Å². The highest BCUT2D eigenvalue weighted by Gasteiger charge is 2.33. The largest absolute Gasteiger partial charge is 0.384 e. The monoisotopic (exact) mass is 473 g/mol. The molecule has 2 unspecified atom stereocenters. The van der Waals surface area contributed by atoms with E-state index in [0.717, 1.165) is 22.4 Å². The number of carbonyl (C=O) groups is 2. The van der Waals surface area contributed by atoms with Crippen LogP contribution in [-0.4, -0.2) is 43.1 Å². The van der Waals surface area contributed by atoms with Gasteiger partial charge in [-0.2, -0.15) is 0 Å². The zero-order chi connectivity index (χ0) is 24.6. The average Bonchev–Trinajstić information content (AvgIpc) is 3.37. The van der Waals surface area contributed by atoms with E-state index in [2.05, 4.69) is 26.8 Å². The van der Waals surface area contributed by atoms with E-state index in [1.54, 1.807) is 7.05 Å². The summed E-state index contributed by atoms with van der Waals surface area (Å²) >= 11 is 0. The van der Waals surface area contributed by atoms with Gasteiger partial charge in [0.1, 0.15) is 12.1 Å². The Morgan fingerprint density at radius 3 is 2.60 bits per heavy atom. The van der Waals surface area contributed by atoms with Gasteiger partial charge in [-0.1, -0.05) is 60.7 Å². The van der Waals surface area contributed by atoms with Crippen molar-refractivity contribution >= 4 is 23.2 Å². The van der Waals surface area contributed by atoms with Crippen molar-refractivity contribution in [3.63, 3.8) is 0 Å². The number of nitrogens with one attached hydrogen (secondary N) is 5. The summed E-state index contributed by atoms with van der Waals surface area (Å²) in [6.45, 7) is 1.15. The number of para-hydroxylation sites is 1. The second-order valence-corrected chi connectivity index (χ2v) is 8.58. The van der Waals surface area contributed by atoms with Crippen molar-refractivity contribution in [2.45, 2.75) is 18.6 Å². The van der Waals surface area contributed by atoms with E-state index in [9.17, 15) is 14.7 Å². The molecule has 8 heteroatoms. The van der Waals surface area contributed by atoms with E-state index in [4.69, 9.17) is 0 Å². The zero-order valence-corrected chi connectivity index (χ0v) is 19.6. The first-order valence-electron chi connectivity index (χ1n) is 11.7. The van der Waals surface area contributed by atoms with Gasteiger partial charge in [-0.05, 0) is 29.3 Å². The van der Waals surface area contributed by atoms with E-state index in [1.807, 2.05) is 78.9 Å². The molecule has 3 atom stereocenters. The lowest BCUT2D eigenvalue weighted by Gasteiger charge is -2.21. The number of hydrogen-bond donors (Lipinski definition) is 6. The van der Waals surface area contributed by atoms with Crippen LogP contribution in [-0.2, 0) is 16.0 Å². The number of likely N-dealkylation sites (N-methyl/N-ethyl adjacent to an activating group) is 1. The molecule has 0 radical (unpaired) electrons. The Kier molecular flexibility index (Phi) is 8.10. The summed E-state index contributed by atoms with van der Waals surface area (Å²) in [5, 5.41) is 19.9. The molecular weight excluding hydrogens is 442 g/mol. The molecule has 4 rings (SSSR count). The molecule has 0 saturated carbocycles. The highest BCUT2D eigenvalue weighted by molar-refractivity contribution is 5.95. The van der Waals surface area contributed by atoms with Crippen LogP contribution in [0, 0.1) is 5.92 Å². The second-order valence-electron chi connectivity index (χ2n) is 8.58. The minimum absolute atomic E-state index is 0.0222. The van der Waals surface area contributed by atoms with E-state index in [0.29, 0.717) is 18.8 Å². The average molecular weight is 474 g/mol. The van der Waals surface area contributed by atoms with Crippen LogP contribution in [0.1, 0.15) is 22.8 Å². The smallest absolute Gasteiger partial charge is 0.243 e. The molecule has 1 aliphatic rings. The van der Waals surface area contributed by atoms with Crippen molar-refractivity contribution in [3.8, 4) is 0 Å². The second kappa shape index (κ2) is 11.6. The summed E-state index contributed by atoms with van der Waals surface area (Å²) in [6, 6.07) is 24.0. The van der Waals surface area contributed by atoms with E-state index in [1.165, 1.54) is 0 Å². The van der Waals surface area contributed by atoms with Gasteiger partial charge >= 0.3 is 0 Å². The minimum Gasteiger partial charge on any atom is -0.384 e. The molecule has 1 fully saturated rings. The maximum atomic E-state index is 13.0. The fourth-order valence-corrected chi connectivity index (χ4v) is 4.21. The van der Waals surface area contributed by atoms with Crippen molar-refractivity contribution in [2.75, 3.05) is 30.8 Å². The molecule has 182 valence electrons. The van der Waals surface area contributed by atoms with Crippen molar-refractivity contribution in [1.29, 1.82) is 0 Å². The summed E-state index contributed by atoms with van der Waals surface area (Å²) in [5.41, 5.74) is 10.1. The molecule has 0 aromatic heterocycles. The van der Waals surface area contributed by atoms with Crippen LogP contribution in [0.15, 0.2) is 78.9 Å². The lowest BCUT2D eigenvalue weighted by molar-refractivity contribution is -0.120. The number of aliphatic hydroxyl groups excluding tert-OH is 1. The Morgan fingerprint density at radius 1 is 1.03 bits per heavy atom. The van der Waals surface area contributed by atoms with Gasteiger partial charge in [0.25, 0.3) is 0 Å². The molecule has 1 aliphatic heterocycles. The molecule has 0 aliphatic carbocycles. The molecule has 2 amide bonds. The van der Waals surface area contributed by atoms with Crippen LogP contribution in [0.2, 0.25) is 0 Å². The predicted molar refractivity (Wildman–Crippen MR) is 137 cm³/mol. The van der Waals surface area contributed by atoms with E-state index < -0.39 is 12.1 Å². The number of hydrogen-bond acceptors (Lipinski definition) is 6. The molecule has 35 heavy (non-hydrogen) atoms. The van der Waals surface area contributed by atoms with Crippen LogP contribution in [0.5, 0.6) is 0 Å². The van der Waals surface area contributed by atoms with Gasteiger partial charge in [-0.3, -0.25) is 15.0 Å². The molecule has 1 heterocycles. The van der Waals surface area contributed by atoms with Crippen LogP contribution in [0.4, 0.5) is 11.4 Å². The van der Waals surface area contributed by atoms with Gasteiger partial charge in [0, 0.05) is 43.0 Å². The standard InChI is InChI=1S/C27H31N5O3/c1-28-24(33)15-18-8-7-11-21(14-18)31-27(35)25-20(17-30-32-25)16-29-23-13-6-5-12-22(23)26(34)19-9-3-2-4-10-19/h2-14,20,25-26,29-30,32,34H,15-17H2,1H3,(H,28,33)(H,31,35)/t20?,25?,26-/m1/s1. The fraction of sp³-hybridized carbons (Fsp3) is 0.259. The Hall–Kier alpha value is -3.72. The maximum Gasteiger partial charge on any atom is 0.243 e. The fourth-order valence-electron chi connectivity index (χ4n) is 4.21. The third-order valence-electron chi connectivity index (χ3n) is 6.14. The molecule has 6 N–H and O–H groups in total. The summed E-state index contributed by atoms with van der Waals surface area (Å²) in [7, 11) is 1.60. The quantitative estimate of drug-likeness (QED) is 0.284. The summed E-state index contributed by atoms with van der Waals surface area (Å²) in [6.07, 6.45) is -0.495. The number of amides is 2. The topological polar surface area (TPSA) is 115 Å². The SMILES string of the molecule is CNC(=O)Cc1cccc(NC(=O)C2NNCC2CNc2ccccc2[C@H](O)c2ccccc2)c1. The van der Waals surface area contributed by atoms with Crippen molar-refractivity contribution in [2.24, 2.45) is 5.92 Å². The van der Waals surface area contributed by atoms with Gasteiger partial charge in [-0.25, -0.2) is 5.43 Å². The number of aliphatic hydroxyl groups is 1. The van der Waals surface area contributed by atoms with Gasteiger partial charge in [-0.15, -0.1) is 0 Å². The van der Waals surface area contributed by atoms with Gasteiger partial charge in [0.15, 0.2) is 0 Å². The van der Waals surface area contributed by atoms with Crippen molar-refractivity contribution in [1.82, 2.24) is 16.2 Å². The lowest BCUT2D eigenvalue weighted by Crippen LogP contribution is -2.43. The first-order chi connectivity index (χ1) is 17.0. The van der Waals surface area contributed by atoms with Crippen LogP contribution >= 0.6 is 0 Å². The Labute approximate surface area is 205 Å². The number of benzene rings is 3. The highest BCUT2D eigenvalue weighted by atomic mass is 16.3. The van der Waals surface area contributed by atoms with E-state index in [-0.39, 0.29) is 24.2 Å². The predicted octanol–water partition coefficient (Wildman–Crippen LogP) is 2.20. The molecule has 1 saturated heterocycles. The van der Waals surface area contributed by atoms with Crippen LogP contribution < -0.4 is 26.8 Å². The molecule has 8 nitrogen and oxygen atoms in total. The number of hydrazine groups is 1. The molecular formula is C27H31N5O3. The first-order valence-corrected chi connectivity index (χ1v) is 11.7. The number of rotatable bonds is 9. The number of carbonyl (C=O) groups excluding carboxylic acids is 2. The summed E-state index contributed by atoms with van der Waals surface area (Å²) < 4.78 is 0. The van der Waals surface area contributed by atoms with Gasteiger partial charge < -0.3 is 21.1 Å². The minimum atomic E-state index is -0.749. The normalized spacial score (nSPS) is 18.0. The summed E-state index contributed by atoms with van der Waals surface area (Å²) in [5.74, 6) is -0.263. The van der Waals surface area contributed by atoms with Crippen molar-refractivity contribution < 1.29 is 14.7 Å². The Balaban J connectivity index is 1.39. The third-order valence-corrected chi connectivity index (χ3v) is 6.14. The van der Waals surface area contributed by atoms with Crippen LogP contribution in [0.3, 0.4) is 0 Å².